The molecule has 152 valence electrons. The molecular weight excluding hydrogens is 413 g/mol. The Morgan fingerprint density at radius 1 is 1.00 bits per heavy atom. The van der Waals surface area contributed by atoms with Crippen LogP contribution >= 0.6 is 11.6 Å². The third kappa shape index (κ3) is 5.18. The van der Waals surface area contributed by atoms with Gasteiger partial charge in [0.15, 0.2) is 0 Å². The second kappa shape index (κ2) is 9.15. The lowest BCUT2D eigenvalue weighted by Gasteiger charge is -2.09. The van der Waals surface area contributed by atoms with Crippen LogP contribution in [0.1, 0.15) is 26.3 Å². The van der Waals surface area contributed by atoms with Gasteiger partial charge in [0.05, 0.1) is 15.5 Å². The Morgan fingerprint density at radius 2 is 1.73 bits per heavy atom. The van der Waals surface area contributed by atoms with Crippen molar-refractivity contribution in [2.45, 2.75) is 6.54 Å². The van der Waals surface area contributed by atoms with Crippen molar-refractivity contribution >= 4 is 34.8 Å². The van der Waals surface area contributed by atoms with Crippen molar-refractivity contribution in [2.24, 2.45) is 0 Å². The summed E-state index contributed by atoms with van der Waals surface area (Å²) in [6, 6.07) is 15.6. The first kappa shape index (κ1) is 20.9. The van der Waals surface area contributed by atoms with Gasteiger partial charge < -0.3 is 10.6 Å². The number of rotatable bonds is 6. The number of amides is 2. The lowest BCUT2D eigenvalue weighted by Crippen LogP contribution is -2.23. The molecule has 0 heterocycles. The second-order valence-corrected chi connectivity index (χ2v) is 6.67. The fourth-order valence-electron chi connectivity index (χ4n) is 2.64. The van der Waals surface area contributed by atoms with Gasteiger partial charge in [-0.05, 0) is 48.0 Å². The minimum atomic E-state index is -0.598. The summed E-state index contributed by atoms with van der Waals surface area (Å²) in [4.78, 5) is 34.7. The van der Waals surface area contributed by atoms with Gasteiger partial charge >= 0.3 is 0 Å². The van der Waals surface area contributed by atoms with E-state index in [0.717, 1.165) is 6.07 Å². The van der Waals surface area contributed by atoms with Gasteiger partial charge in [0, 0.05) is 29.9 Å². The molecule has 7 nitrogen and oxygen atoms in total. The Morgan fingerprint density at radius 3 is 2.40 bits per heavy atom. The number of non-ortho nitro benzene ring substituents is 1. The van der Waals surface area contributed by atoms with Crippen molar-refractivity contribution in [1.82, 2.24) is 5.32 Å². The maximum absolute atomic E-state index is 13.0. The van der Waals surface area contributed by atoms with Crippen LogP contribution in [0.15, 0.2) is 66.7 Å². The zero-order valence-corrected chi connectivity index (χ0v) is 16.2. The number of carbonyl (C=O) groups is 2. The van der Waals surface area contributed by atoms with Gasteiger partial charge in [0.25, 0.3) is 17.5 Å². The molecule has 0 aliphatic heterocycles. The largest absolute Gasteiger partial charge is 0.348 e. The lowest BCUT2D eigenvalue weighted by atomic mass is 10.1. The van der Waals surface area contributed by atoms with Gasteiger partial charge in [0.1, 0.15) is 5.82 Å². The molecule has 0 aromatic heterocycles. The number of hydrogen-bond acceptors (Lipinski definition) is 4. The molecule has 3 aromatic rings. The predicted molar refractivity (Wildman–Crippen MR) is 110 cm³/mol. The summed E-state index contributed by atoms with van der Waals surface area (Å²) in [7, 11) is 0. The second-order valence-electron chi connectivity index (χ2n) is 6.27. The van der Waals surface area contributed by atoms with E-state index in [1.807, 2.05) is 0 Å². The summed E-state index contributed by atoms with van der Waals surface area (Å²) in [6.07, 6.45) is 0. The molecule has 3 rings (SSSR count). The highest BCUT2D eigenvalue weighted by Gasteiger charge is 2.15. The van der Waals surface area contributed by atoms with Gasteiger partial charge in [-0.25, -0.2) is 4.39 Å². The molecule has 0 aliphatic carbocycles. The molecule has 0 radical (unpaired) electrons. The summed E-state index contributed by atoms with van der Waals surface area (Å²) in [5, 5.41) is 16.1. The summed E-state index contributed by atoms with van der Waals surface area (Å²) >= 11 is 5.96. The zero-order chi connectivity index (χ0) is 21.7. The minimum absolute atomic E-state index is 0.0259. The number of nitrogens with zero attached hydrogens (tertiary/aromatic N) is 1. The fourth-order valence-corrected chi connectivity index (χ4v) is 2.90. The first-order valence-electron chi connectivity index (χ1n) is 8.71. The molecule has 9 heteroatoms. The number of nitro groups is 1. The highest BCUT2D eigenvalue weighted by molar-refractivity contribution is 6.34. The standard InChI is InChI=1S/C21H15ClFN3O4/c22-19-11-17(26(29)30)8-9-18(19)21(28)24-12-13-2-1-3-16(10-13)25-20(27)14-4-6-15(23)7-5-14/h1-11H,12H2,(H,24,28)(H,25,27). The molecule has 0 spiro atoms. The fraction of sp³-hybridized carbons (Fsp3) is 0.0476. The minimum Gasteiger partial charge on any atom is -0.348 e. The molecule has 2 amide bonds. The molecular formula is C21H15ClFN3O4. The van der Waals surface area contributed by atoms with E-state index in [1.165, 1.54) is 36.4 Å². The van der Waals surface area contributed by atoms with Crippen LogP contribution in [0.2, 0.25) is 5.02 Å². The molecule has 0 atom stereocenters. The van der Waals surface area contributed by atoms with Gasteiger partial charge in [-0.15, -0.1) is 0 Å². The van der Waals surface area contributed by atoms with Crippen LogP contribution in [0.4, 0.5) is 15.8 Å². The monoisotopic (exact) mass is 427 g/mol. The topological polar surface area (TPSA) is 101 Å². The molecule has 2 N–H and O–H groups in total. The first-order valence-corrected chi connectivity index (χ1v) is 9.09. The molecule has 0 unspecified atom stereocenters. The quantitative estimate of drug-likeness (QED) is 0.444. The SMILES string of the molecule is O=C(Nc1cccc(CNC(=O)c2ccc([N+](=O)[O-])cc2Cl)c1)c1ccc(F)cc1. The van der Waals surface area contributed by atoms with E-state index in [0.29, 0.717) is 16.8 Å². The van der Waals surface area contributed by atoms with E-state index in [1.54, 1.807) is 24.3 Å². The van der Waals surface area contributed by atoms with Gasteiger partial charge in [-0.2, -0.15) is 0 Å². The summed E-state index contributed by atoms with van der Waals surface area (Å²) < 4.78 is 13.0. The average Bonchev–Trinajstić information content (AvgIpc) is 2.72. The van der Waals surface area contributed by atoms with Gasteiger partial charge in [0.2, 0.25) is 0 Å². The first-order chi connectivity index (χ1) is 14.3. The van der Waals surface area contributed by atoms with Crippen LogP contribution in [-0.2, 0) is 6.54 Å². The van der Waals surface area contributed by atoms with Gasteiger partial charge in [-0.1, -0.05) is 23.7 Å². The normalized spacial score (nSPS) is 10.3. The maximum Gasteiger partial charge on any atom is 0.270 e. The Kier molecular flexibility index (Phi) is 6.38. The van der Waals surface area contributed by atoms with Crippen LogP contribution in [0.5, 0.6) is 0 Å². The maximum atomic E-state index is 13.0. The number of hydrogen-bond donors (Lipinski definition) is 2. The molecule has 0 saturated carbocycles. The summed E-state index contributed by atoms with van der Waals surface area (Å²) in [5.74, 6) is -1.32. The number of nitrogens with one attached hydrogen (secondary N) is 2. The van der Waals surface area contributed by atoms with Crippen molar-refractivity contribution in [3.05, 3.63) is 104 Å². The predicted octanol–water partition coefficient (Wildman–Crippen LogP) is 4.57. The van der Waals surface area contributed by atoms with E-state index < -0.39 is 22.6 Å². The Hall–Kier alpha value is -3.78. The van der Waals surface area contributed by atoms with Crippen LogP contribution in [0, 0.1) is 15.9 Å². The number of carbonyl (C=O) groups excluding carboxylic acids is 2. The molecule has 30 heavy (non-hydrogen) atoms. The van der Waals surface area contributed by atoms with E-state index in [-0.39, 0.29) is 22.8 Å². The highest BCUT2D eigenvalue weighted by atomic mass is 35.5. The Labute approximate surface area is 175 Å². The van der Waals surface area contributed by atoms with Crippen LogP contribution in [0.25, 0.3) is 0 Å². The highest BCUT2D eigenvalue weighted by Crippen LogP contribution is 2.22. The smallest absolute Gasteiger partial charge is 0.270 e. The van der Waals surface area contributed by atoms with Gasteiger partial charge in [-0.3, -0.25) is 19.7 Å². The van der Waals surface area contributed by atoms with Crippen molar-refractivity contribution in [2.75, 3.05) is 5.32 Å². The molecule has 0 bridgehead atoms. The van der Waals surface area contributed by atoms with Crippen molar-refractivity contribution in [1.29, 1.82) is 0 Å². The molecule has 3 aromatic carbocycles. The van der Waals surface area contributed by atoms with E-state index in [4.69, 9.17) is 11.6 Å². The number of halogens is 2. The number of nitro benzene ring substituents is 1. The van der Waals surface area contributed by atoms with E-state index >= 15 is 0 Å². The molecule has 0 aliphatic rings. The number of anilines is 1. The lowest BCUT2D eigenvalue weighted by molar-refractivity contribution is -0.384. The van der Waals surface area contributed by atoms with E-state index in [2.05, 4.69) is 10.6 Å². The Bertz CT molecular complexity index is 1120. The molecule has 0 saturated heterocycles. The summed E-state index contributed by atoms with van der Waals surface area (Å²) in [5.41, 5.74) is 1.43. The van der Waals surface area contributed by atoms with E-state index in [9.17, 15) is 24.1 Å². The zero-order valence-electron chi connectivity index (χ0n) is 15.4. The summed E-state index contributed by atoms with van der Waals surface area (Å²) in [6.45, 7) is 0.145. The van der Waals surface area contributed by atoms with Crippen LogP contribution < -0.4 is 10.6 Å². The van der Waals surface area contributed by atoms with Crippen LogP contribution in [-0.4, -0.2) is 16.7 Å². The van der Waals surface area contributed by atoms with Crippen molar-refractivity contribution in [3.8, 4) is 0 Å². The third-order valence-electron chi connectivity index (χ3n) is 4.15. The molecule has 0 fully saturated rings. The van der Waals surface area contributed by atoms with Crippen molar-refractivity contribution in [3.63, 3.8) is 0 Å². The van der Waals surface area contributed by atoms with Crippen LogP contribution in [0.3, 0.4) is 0 Å². The third-order valence-corrected chi connectivity index (χ3v) is 4.47. The Balaban J connectivity index is 1.64. The number of benzene rings is 3. The van der Waals surface area contributed by atoms with Crippen molar-refractivity contribution < 1.29 is 18.9 Å². The average molecular weight is 428 g/mol.